The van der Waals surface area contributed by atoms with Crippen molar-refractivity contribution in [2.24, 2.45) is 11.5 Å². The number of primary amides is 1. The van der Waals surface area contributed by atoms with Crippen LogP contribution in [0.4, 0.5) is 5.95 Å². The molecule has 8 heteroatoms. The summed E-state index contributed by atoms with van der Waals surface area (Å²) in [6.45, 7) is 1.45. The van der Waals surface area contributed by atoms with Crippen LogP contribution in [0.3, 0.4) is 0 Å². The topological polar surface area (TPSA) is 98.1 Å². The van der Waals surface area contributed by atoms with E-state index in [9.17, 15) is 4.79 Å². The normalized spacial score (nSPS) is 14.4. The van der Waals surface area contributed by atoms with Crippen molar-refractivity contribution in [3.05, 3.63) is 18.0 Å². The Bertz CT molecular complexity index is 369. The van der Waals surface area contributed by atoms with Crippen LogP contribution in [0, 0.1) is 0 Å². The van der Waals surface area contributed by atoms with Gasteiger partial charge in [0.2, 0.25) is 5.95 Å². The van der Waals surface area contributed by atoms with Crippen molar-refractivity contribution in [3.8, 4) is 0 Å². The van der Waals surface area contributed by atoms with Crippen molar-refractivity contribution >= 4 is 36.7 Å². The second-order valence-corrected chi connectivity index (χ2v) is 3.27. The lowest BCUT2D eigenvalue weighted by molar-refractivity contribution is 0.0995. The van der Waals surface area contributed by atoms with Gasteiger partial charge in [-0.1, -0.05) is 0 Å². The molecule has 4 N–H and O–H groups in total. The van der Waals surface area contributed by atoms with Crippen LogP contribution in [0.5, 0.6) is 0 Å². The van der Waals surface area contributed by atoms with E-state index in [1.807, 2.05) is 4.90 Å². The number of hydrogen-bond donors (Lipinski definition) is 2. The minimum absolute atomic E-state index is 0. The molecule has 6 nitrogen and oxygen atoms in total. The van der Waals surface area contributed by atoms with Crippen LogP contribution in [-0.4, -0.2) is 35.0 Å². The molecule has 2 heterocycles. The van der Waals surface area contributed by atoms with Gasteiger partial charge in [0.1, 0.15) is 5.69 Å². The third kappa shape index (κ3) is 2.94. The summed E-state index contributed by atoms with van der Waals surface area (Å²) in [5.41, 5.74) is 10.9. The Hall–Kier alpha value is -1.11. The maximum Gasteiger partial charge on any atom is 0.267 e. The first-order valence-corrected chi connectivity index (χ1v) is 4.30. The van der Waals surface area contributed by atoms with Gasteiger partial charge in [0, 0.05) is 25.3 Å². The molecule has 0 radical (unpaired) electrons. The predicted molar refractivity (Wildman–Crippen MR) is 65.2 cm³/mol. The number of anilines is 1. The second kappa shape index (κ2) is 5.83. The fourth-order valence-corrected chi connectivity index (χ4v) is 1.31. The average molecular weight is 266 g/mol. The molecule has 90 valence electrons. The summed E-state index contributed by atoms with van der Waals surface area (Å²) < 4.78 is 0. The largest absolute Gasteiger partial charge is 0.364 e. The van der Waals surface area contributed by atoms with Gasteiger partial charge >= 0.3 is 0 Å². The number of hydrogen-bond acceptors (Lipinski definition) is 5. The molecule has 0 spiro atoms. The molecule has 2 rings (SSSR count). The van der Waals surface area contributed by atoms with Crippen molar-refractivity contribution in [2.45, 2.75) is 6.04 Å². The molecule has 1 aliphatic heterocycles. The Labute approximate surface area is 105 Å². The van der Waals surface area contributed by atoms with E-state index in [-0.39, 0.29) is 36.5 Å². The SMILES string of the molecule is Cl.Cl.NC(=O)c1ccnc(N2CC(N)C2)n1. The lowest BCUT2D eigenvalue weighted by Crippen LogP contribution is -2.56. The summed E-state index contributed by atoms with van der Waals surface area (Å²) >= 11 is 0. The first kappa shape index (κ1) is 14.9. The fraction of sp³-hybridized carbons (Fsp3) is 0.375. The third-order valence-corrected chi connectivity index (χ3v) is 2.09. The van der Waals surface area contributed by atoms with Crippen molar-refractivity contribution in [3.63, 3.8) is 0 Å². The van der Waals surface area contributed by atoms with Crippen LogP contribution in [0.15, 0.2) is 12.3 Å². The number of nitrogens with two attached hydrogens (primary N) is 2. The van der Waals surface area contributed by atoms with Crippen LogP contribution < -0.4 is 16.4 Å². The van der Waals surface area contributed by atoms with Gasteiger partial charge in [0.25, 0.3) is 5.91 Å². The number of carbonyl (C=O) groups is 1. The van der Waals surface area contributed by atoms with Gasteiger partial charge in [0.15, 0.2) is 0 Å². The summed E-state index contributed by atoms with van der Waals surface area (Å²) in [6.07, 6.45) is 1.52. The molecular weight excluding hydrogens is 253 g/mol. The van der Waals surface area contributed by atoms with Crippen molar-refractivity contribution in [1.82, 2.24) is 9.97 Å². The van der Waals surface area contributed by atoms with Crippen LogP contribution in [0.25, 0.3) is 0 Å². The number of carbonyl (C=O) groups excluding carboxylic acids is 1. The molecular formula is C8H13Cl2N5O. The summed E-state index contributed by atoms with van der Waals surface area (Å²) in [7, 11) is 0. The Morgan fingerprint density at radius 3 is 2.56 bits per heavy atom. The van der Waals surface area contributed by atoms with E-state index >= 15 is 0 Å². The zero-order chi connectivity index (χ0) is 10.1. The molecule has 16 heavy (non-hydrogen) atoms. The average Bonchev–Trinajstić information content (AvgIpc) is 2.13. The van der Waals surface area contributed by atoms with Crippen molar-refractivity contribution < 1.29 is 4.79 Å². The zero-order valence-corrected chi connectivity index (χ0v) is 10.0. The Morgan fingerprint density at radius 2 is 2.06 bits per heavy atom. The van der Waals surface area contributed by atoms with E-state index in [0.29, 0.717) is 5.95 Å². The van der Waals surface area contributed by atoms with Crippen molar-refractivity contribution in [1.29, 1.82) is 0 Å². The second-order valence-electron chi connectivity index (χ2n) is 3.27. The molecule has 0 bridgehead atoms. The molecule has 0 unspecified atom stereocenters. The molecule has 0 atom stereocenters. The summed E-state index contributed by atoms with van der Waals surface area (Å²) in [5, 5.41) is 0. The van der Waals surface area contributed by atoms with Gasteiger partial charge in [-0.2, -0.15) is 0 Å². The molecule has 1 amide bonds. The Morgan fingerprint density at radius 1 is 1.44 bits per heavy atom. The number of amides is 1. The van der Waals surface area contributed by atoms with Gasteiger partial charge in [-0.15, -0.1) is 24.8 Å². The highest BCUT2D eigenvalue weighted by Crippen LogP contribution is 2.14. The first-order valence-electron chi connectivity index (χ1n) is 4.30. The third-order valence-electron chi connectivity index (χ3n) is 2.09. The van der Waals surface area contributed by atoms with Crippen LogP contribution >= 0.6 is 24.8 Å². The summed E-state index contributed by atoms with van der Waals surface area (Å²) in [6, 6.07) is 1.67. The van der Waals surface area contributed by atoms with E-state index in [1.165, 1.54) is 12.3 Å². The predicted octanol–water partition coefficient (Wildman–Crippen LogP) is -0.434. The fourth-order valence-electron chi connectivity index (χ4n) is 1.31. The van der Waals surface area contributed by atoms with E-state index in [0.717, 1.165) is 13.1 Å². The summed E-state index contributed by atoms with van der Waals surface area (Å²) in [4.78, 5) is 20.8. The maximum atomic E-state index is 10.8. The highest BCUT2D eigenvalue weighted by molar-refractivity contribution is 5.90. The van der Waals surface area contributed by atoms with Gasteiger partial charge in [0.05, 0.1) is 0 Å². The molecule has 1 aromatic heterocycles. The number of nitrogens with zero attached hydrogens (tertiary/aromatic N) is 3. The molecule has 1 saturated heterocycles. The van der Waals surface area contributed by atoms with Gasteiger partial charge < -0.3 is 16.4 Å². The maximum absolute atomic E-state index is 10.8. The molecule has 1 aliphatic rings. The van der Waals surface area contributed by atoms with E-state index in [4.69, 9.17) is 11.5 Å². The van der Waals surface area contributed by atoms with E-state index < -0.39 is 5.91 Å². The Balaban J connectivity index is 0.00000112. The van der Waals surface area contributed by atoms with Crippen LogP contribution in [-0.2, 0) is 0 Å². The lowest BCUT2D eigenvalue weighted by Gasteiger charge is -2.36. The van der Waals surface area contributed by atoms with E-state index in [1.54, 1.807) is 0 Å². The minimum Gasteiger partial charge on any atom is -0.364 e. The lowest BCUT2D eigenvalue weighted by atomic mass is 10.1. The van der Waals surface area contributed by atoms with E-state index in [2.05, 4.69) is 9.97 Å². The van der Waals surface area contributed by atoms with Crippen molar-refractivity contribution in [2.75, 3.05) is 18.0 Å². The Kier molecular flexibility index (Phi) is 5.43. The van der Waals surface area contributed by atoms with Crippen LogP contribution in [0.1, 0.15) is 10.5 Å². The number of halogens is 2. The smallest absolute Gasteiger partial charge is 0.267 e. The van der Waals surface area contributed by atoms with Crippen LogP contribution in [0.2, 0.25) is 0 Å². The molecule has 0 aliphatic carbocycles. The highest BCUT2D eigenvalue weighted by atomic mass is 35.5. The zero-order valence-electron chi connectivity index (χ0n) is 8.37. The quantitative estimate of drug-likeness (QED) is 0.756. The molecule has 0 aromatic carbocycles. The number of rotatable bonds is 2. The minimum atomic E-state index is -0.543. The highest BCUT2D eigenvalue weighted by Gasteiger charge is 2.25. The van der Waals surface area contributed by atoms with Gasteiger partial charge in [-0.3, -0.25) is 4.79 Å². The molecule has 0 saturated carbocycles. The standard InChI is InChI=1S/C8H11N5O.2ClH/c9-5-3-13(4-5)8-11-2-1-6(12-8)7(10)14;;/h1-2,5H,3-4,9H2,(H2,10,14);2*1H. The molecule has 1 fully saturated rings. The summed E-state index contributed by atoms with van der Waals surface area (Å²) in [5.74, 6) is -0.0264. The number of aromatic nitrogens is 2. The van der Waals surface area contributed by atoms with Gasteiger partial charge in [-0.05, 0) is 6.07 Å². The first-order chi connectivity index (χ1) is 6.66. The van der Waals surface area contributed by atoms with Gasteiger partial charge in [-0.25, -0.2) is 9.97 Å². The molecule has 1 aromatic rings. The monoisotopic (exact) mass is 265 g/mol.